The maximum atomic E-state index is 6.15. The second-order valence-corrected chi connectivity index (χ2v) is 6.10. The second-order valence-electron chi connectivity index (χ2n) is 5.69. The molecule has 0 aliphatic carbocycles. The SMILES string of the molecule is Cc1ccc(C(N)c2noc(C(C)(C)C)n2)cc1Cl. The highest BCUT2D eigenvalue weighted by Gasteiger charge is 2.24. The lowest BCUT2D eigenvalue weighted by molar-refractivity contribution is 0.317. The van der Waals surface area contributed by atoms with Crippen LogP contribution in [0.1, 0.15) is 49.7 Å². The van der Waals surface area contributed by atoms with E-state index in [0.29, 0.717) is 16.7 Å². The maximum Gasteiger partial charge on any atom is 0.232 e. The van der Waals surface area contributed by atoms with Gasteiger partial charge in [-0.1, -0.05) is 49.7 Å². The Kier molecular flexibility index (Phi) is 3.65. The van der Waals surface area contributed by atoms with Crippen molar-refractivity contribution in [3.8, 4) is 0 Å². The van der Waals surface area contributed by atoms with Gasteiger partial charge in [-0.2, -0.15) is 4.98 Å². The molecule has 0 spiro atoms. The highest BCUT2D eigenvalue weighted by molar-refractivity contribution is 6.31. The summed E-state index contributed by atoms with van der Waals surface area (Å²) in [6.45, 7) is 7.99. The van der Waals surface area contributed by atoms with E-state index in [2.05, 4.69) is 10.1 Å². The molecule has 1 heterocycles. The summed E-state index contributed by atoms with van der Waals surface area (Å²) in [5, 5.41) is 4.64. The maximum absolute atomic E-state index is 6.15. The average molecular weight is 280 g/mol. The van der Waals surface area contributed by atoms with Gasteiger partial charge in [0.05, 0.1) is 6.04 Å². The molecular weight excluding hydrogens is 262 g/mol. The normalized spacial score (nSPS) is 13.6. The number of halogens is 1. The molecule has 1 atom stereocenters. The van der Waals surface area contributed by atoms with Crippen LogP contribution in [-0.4, -0.2) is 10.1 Å². The van der Waals surface area contributed by atoms with Crippen LogP contribution in [0.5, 0.6) is 0 Å². The molecule has 2 rings (SSSR count). The molecule has 1 aromatic heterocycles. The fourth-order valence-electron chi connectivity index (χ4n) is 1.62. The van der Waals surface area contributed by atoms with Crippen molar-refractivity contribution >= 4 is 11.6 Å². The lowest BCUT2D eigenvalue weighted by Crippen LogP contribution is -2.15. The van der Waals surface area contributed by atoms with Gasteiger partial charge in [0.15, 0.2) is 5.82 Å². The molecule has 19 heavy (non-hydrogen) atoms. The molecule has 1 unspecified atom stereocenters. The fraction of sp³-hybridized carbons (Fsp3) is 0.429. The number of rotatable bonds is 2. The third kappa shape index (κ3) is 2.96. The molecule has 0 radical (unpaired) electrons. The van der Waals surface area contributed by atoms with Gasteiger partial charge in [-0.3, -0.25) is 0 Å². The third-order valence-electron chi connectivity index (χ3n) is 2.92. The predicted molar refractivity (Wildman–Crippen MR) is 75.2 cm³/mol. The smallest absolute Gasteiger partial charge is 0.232 e. The molecule has 0 amide bonds. The third-order valence-corrected chi connectivity index (χ3v) is 3.32. The topological polar surface area (TPSA) is 64.9 Å². The Hall–Kier alpha value is -1.39. The summed E-state index contributed by atoms with van der Waals surface area (Å²) in [4.78, 5) is 4.36. The first-order valence-corrected chi connectivity index (χ1v) is 6.52. The molecule has 0 aliphatic rings. The number of nitrogens with two attached hydrogens (primary N) is 1. The van der Waals surface area contributed by atoms with Crippen LogP contribution in [0.15, 0.2) is 22.7 Å². The molecule has 102 valence electrons. The molecule has 0 fully saturated rings. The zero-order valence-corrected chi connectivity index (χ0v) is 12.3. The second kappa shape index (κ2) is 4.94. The summed E-state index contributed by atoms with van der Waals surface area (Å²) in [7, 11) is 0. The summed E-state index contributed by atoms with van der Waals surface area (Å²) in [5.41, 5.74) is 7.85. The number of aromatic nitrogens is 2. The molecule has 2 aromatic rings. The van der Waals surface area contributed by atoms with E-state index in [-0.39, 0.29) is 5.41 Å². The molecular formula is C14H18ClN3O. The van der Waals surface area contributed by atoms with E-state index in [1.165, 1.54) is 0 Å². The van der Waals surface area contributed by atoms with Crippen molar-refractivity contribution in [3.63, 3.8) is 0 Å². The minimum atomic E-state index is -0.432. The zero-order valence-electron chi connectivity index (χ0n) is 11.6. The minimum Gasteiger partial charge on any atom is -0.339 e. The van der Waals surface area contributed by atoms with Gasteiger partial charge in [0.2, 0.25) is 5.89 Å². The average Bonchev–Trinajstić information content (AvgIpc) is 2.81. The van der Waals surface area contributed by atoms with Crippen LogP contribution >= 0.6 is 11.6 Å². The van der Waals surface area contributed by atoms with E-state index in [1.54, 1.807) is 0 Å². The van der Waals surface area contributed by atoms with Gasteiger partial charge in [-0.15, -0.1) is 0 Å². The number of aryl methyl sites for hydroxylation is 1. The molecule has 0 bridgehead atoms. The van der Waals surface area contributed by atoms with E-state index >= 15 is 0 Å². The monoisotopic (exact) mass is 279 g/mol. The van der Waals surface area contributed by atoms with Gasteiger partial charge in [0.1, 0.15) is 0 Å². The number of hydrogen-bond acceptors (Lipinski definition) is 4. The number of nitrogens with zero attached hydrogens (tertiary/aromatic N) is 2. The molecule has 4 nitrogen and oxygen atoms in total. The summed E-state index contributed by atoms with van der Waals surface area (Å²) in [5.74, 6) is 1.06. The minimum absolute atomic E-state index is 0.185. The summed E-state index contributed by atoms with van der Waals surface area (Å²) in [6.07, 6.45) is 0. The first-order valence-electron chi connectivity index (χ1n) is 6.15. The Labute approximate surface area is 118 Å². The van der Waals surface area contributed by atoms with Gasteiger partial charge in [-0.05, 0) is 24.1 Å². The van der Waals surface area contributed by atoms with Gasteiger partial charge in [0, 0.05) is 10.4 Å². The van der Waals surface area contributed by atoms with Crippen LogP contribution < -0.4 is 5.73 Å². The molecule has 1 aromatic carbocycles. The van der Waals surface area contributed by atoms with Crippen molar-refractivity contribution in [2.45, 2.75) is 39.2 Å². The van der Waals surface area contributed by atoms with Gasteiger partial charge in [0.25, 0.3) is 0 Å². The molecule has 0 saturated carbocycles. The summed E-state index contributed by atoms with van der Waals surface area (Å²) < 4.78 is 5.25. The van der Waals surface area contributed by atoms with E-state index in [4.69, 9.17) is 21.9 Å². The van der Waals surface area contributed by atoms with Crippen molar-refractivity contribution in [1.82, 2.24) is 10.1 Å². The Morgan fingerprint density at radius 2 is 2.00 bits per heavy atom. The van der Waals surface area contributed by atoms with Crippen LogP contribution in [-0.2, 0) is 5.41 Å². The molecule has 2 N–H and O–H groups in total. The first-order chi connectivity index (χ1) is 8.79. The van der Waals surface area contributed by atoms with Crippen LogP contribution in [0.2, 0.25) is 5.02 Å². The van der Waals surface area contributed by atoms with Crippen molar-refractivity contribution in [3.05, 3.63) is 46.1 Å². The summed E-state index contributed by atoms with van der Waals surface area (Å²) in [6, 6.07) is 5.27. The highest BCUT2D eigenvalue weighted by atomic mass is 35.5. The lowest BCUT2D eigenvalue weighted by Gasteiger charge is -2.11. The Morgan fingerprint density at radius 3 is 2.53 bits per heavy atom. The van der Waals surface area contributed by atoms with Crippen molar-refractivity contribution in [1.29, 1.82) is 0 Å². The van der Waals surface area contributed by atoms with Gasteiger partial charge in [-0.25, -0.2) is 0 Å². The molecule has 5 heteroatoms. The molecule has 0 saturated heterocycles. The zero-order chi connectivity index (χ0) is 14.2. The van der Waals surface area contributed by atoms with Crippen molar-refractivity contribution < 1.29 is 4.52 Å². The lowest BCUT2D eigenvalue weighted by atomic mass is 9.97. The predicted octanol–water partition coefficient (Wildman–Crippen LogP) is 3.38. The van der Waals surface area contributed by atoms with Crippen molar-refractivity contribution in [2.75, 3.05) is 0 Å². The Morgan fingerprint density at radius 1 is 1.32 bits per heavy atom. The van der Waals surface area contributed by atoms with Crippen LogP contribution in [0.3, 0.4) is 0 Å². The first kappa shape index (κ1) is 14.0. The van der Waals surface area contributed by atoms with E-state index in [1.807, 2.05) is 45.9 Å². The number of benzene rings is 1. The Balaban J connectivity index is 2.31. The van der Waals surface area contributed by atoms with Gasteiger partial charge < -0.3 is 10.3 Å². The number of hydrogen-bond donors (Lipinski definition) is 1. The Bertz CT molecular complexity index is 587. The van der Waals surface area contributed by atoms with E-state index in [0.717, 1.165) is 11.1 Å². The standard InChI is InChI=1S/C14H18ClN3O/c1-8-5-6-9(7-10(8)15)11(16)12-17-13(19-18-12)14(2,3)4/h5-7,11H,16H2,1-4H3. The van der Waals surface area contributed by atoms with Crippen LogP contribution in [0, 0.1) is 6.92 Å². The summed E-state index contributed by atoms with van der Waals surface area (Å²) >= 11 is 6.10. The quantitative estimate of drug-likeness (QED) is 0.915. The van der Waals surface area contributed by atoms with Crippen LogP contribution in [0.4, 0.5) is 0 Å². The van der Waals surface area contributed by atoms with Gasteiger partial charge >= 0.3 is 0 Å². The highest BCUT2D eigenvalue weighted by Crippen LogP contribution is 2.25. The molecule has 0 aliphatic heterocycles. The van der Waals surface area contributed by atoms with Crippen LogP contribution in [0.25, 0.3) is 0 Å². The van der Waals surface area contributed by atoms with E-state index in [9.17, 15) is 0 Å². The fourth-order valence-corrected chi connectivity index (χ4v) is 1.81. The largest absolute Gasteiger partial charge is 0.339 e. The van der Waals surface area contributed by atoms with E-state index < -0.39 is 6.04 Å². The van der Waals surface area contributed by atoms with Crippen molar-refractivity contribution in [2.24, 2.45) is 5.73 Å².